The number of nitrogens with one attached hydrogen (secondary N) is 1. The normalized spacial score (nSPS) is 22.2. The Morgan fingerprint density at radius 2 is 2.13 bits per heavy atom. The van der Waals surface area contributed by atoms with Crippen LogP contribution in [0, 0.1) is 16.0 Å². The van der Waals surface area contributed by atoms with Crippen molar-refractivity contribution in [3.8, 4) is 0 Å². The van der Waals surface area contributed by atoms with Crippen molar-refractivity contribution in [2.24, 2.45) is 5.92 Å². The lowest BCUT2D eigenvalue weighted by atomic mass is 9.85. The predicted octanol–water partition coefficient (Wildman–Crippen LogP) is 3.78. The van der Waals surface area contributed by atoms with Crippen LogP contribution in [0.15, 0.2) is 24.4 Å². The molecule has 2 aromatic rings. The quantitative estimate of drug-likeness (QED) is 0.687. The van der Waals surface area contributed by atoms with E-state index in [1.54, 1.807) is 18.2 Å². The Morgan fingerprint density at radius 1 is 1.35 bits per heavy atom. The molecule has 3 rings (SSSR count). The van der Waals surface area contributed by atoms with Gasteiger partial charge in [0, 0.05) is 12.1 Å². The maximum Gasteiger partial charge on any atom is 0.391 e. The number of hydrogen-bond acceptors (Lipinski definition) is 4. The summed E-state index contributed by atoms with van der Waals surface area (Å²) in [4.78, 5) is 14.9. The lowest BCUT2D eigenvalue weighted by molar-refractivity contribution is -0.389. The molecule has 0 spiro atoms. The van der Waals surface area contributed by atoms with Crippen LogP contribution in [0.2, 0.25) is 0 Å². The van der Waals surface area contributed by atoms with Gasteiger partial charge in [0.15, 0.2) is 0 Å². The van der Waals surface area contributed by atoms with Crippen molar-refractivity contribution in [2.75, 3.05) is 5.32 Å². The van der Waals surface area contributed by atoms with Gasteiger partial charge in [0.1, 0.15) is 0 Å². The standard InChI is InChI=1S/C14H15F3N4O2/c15-14(16,17)9-4-3-5-10(8-9)18-12-13(21(22)23)20-7-2-1-6-11(20)19-12/h1-2,6-7,9-10,18H,3-5,8H2/t9-,10+/m0/s1. The summed E-state index contributed by atoms with van der Waals surface area (Å²) in [6.45, 7) is 0. The minimum atomic E-state index is -4.23. The Morgan fingerprint density at radius 3 is 2.83 bits per heavy atom. The van der Waals surface area contributed by atoms with Crippen LogP contribution >= 0.6 is 0 Å². The van der Waals surface area contributed by atoms with Crippen molar-refractivity contribution >= 4 is 17.3 Å². The van der Waals surface area contributed by atoms with Crippen molar-refractivity contribution in [3.05, 3.63) is 34.5 Å². The number of nitro groups is 1. The van der Waals surface area contributed by atoms with Gasteiger partial charge in [-0.3, -0.25) is 0 Å². The van der Waals surface area contributed by atoms with Crippen LogP contribution in [-0.2, 0) is 0 Å². The van der Waals surface area contributed by atoms with E-state index in [2.05, 4.69) is 10.3 Å². The molecule has 9 heteroatoms. The van der Waals surface area contributed by atoms with Gasteiger partial charge in [0.05, 0.1) is 12.1 Å². The van der Waals surface area contributed by atoms with E-state index in [1.807, 2.05) is 0 Å². The van der Waals surface area contributed by atoms with Crippen LogP contribution in [0.4, 0.5) is 24.8 Å². The summed E-state index contributed by atoms with van der Waals surface area (Å²) in [5, 5.41) is 14.1. The summed E-state index contributed by atoms with van der Waals surface area (Å²) in [5.41, 5.74) is 0.380. The molecular weight excluding hydrogens is 313 g/mol. The summed E-state index contributed by atoms with van der Waals surface area (Å²) in [6, 6.07) is 4.46. The fourth-order valence-corrected chi connectivity index (χ4v) is 3.07. The average Bonchev–Trinajstić information content (AvgIpc) is 2.84. The van der Waals surface area contributed by atoms with E-state index in [-0.39, 0.29) is 24.5 Å². The molecule has 2 aromatic heterocycles. The predicted molar refractivity (Wildman–Crippen MR) is 77.3 cm³/mol. The van der Waals surface area contributed by atoms with Gasteiger partial charge in [-0.15, -0.1) is 0 Å². The number of alkyl halides is 3. The molecule has 1 aliphatic carbocycles. The first-order chi connectivity index (χ1) is 10.9. The highest BCUT2D eigenvalue weighted by Crippen LogP contribution is 2.39. The summed E-state index contributed by atoms with van der Waals surface area (Å²) >= 11 is 0. The van der Waals surface area contributed by atoms with Crippen LogP contribution in [0.1, 0.15) is 25.7 Å². The summed E-state index contributed by atoms with van der Waals surface area (Å²) < 4.78 is 39.9. The molecule has 6 nitrogen and oxygen atoms in total. The van der Waals surface area contributed by atoms with Gasteiger partial charge in [-0.25, -0.2) is 0 Å². The molecule has 2 heterocycles. The van der Waals surface area contributed by atoms with E-state index in [9.17, 15) is 23.3 Å². The van der Waals surface area contributed by atoms with Gasteiger partial charge < -0.3 is 15.4 Å². The third kappa shape index (κ3) is 3.08. The van der Waals surface area contributed by atoms with Crippen LogP contribution in [-0.4, -0.2) is 26.5 Å². The Bertz CT molecular complexity index is 728. The van der Waals surface area contributed by atoms with E-state index in [1.165, 1.54) is 10.6 Å². The van der Waals surface area contributed by atoms with Crippen molar-refractivity contribution in [1.29, 1.82) is 0 Å². The van der Waals surface area contributed by atoms with E-state index >= 15 is 0 Å². The minimum Gasteiger partial charge on any atom is -0.360 e. The Hall–Kier alpha value is -2.32. The monoisotopic (exact) mass is 328 g/mol. The van der Waals surface area contributed by atoms with Crippen LogP contribution < -0.4 is 5.32 Å². The van der Waals surface area contributed by atoms with Gasteiger partial charge in [-0.05, 0) is 30.3 Å². The molecule has 0 radical (unpaired) electrons. The molecule has 0 saturated heterocycles. The zero-order valence-electron chi connectivity index (χ0n) is 12.1. The molecule has 1 fully saturated rings. The summed E-state index contributed by atoms with van der Waals surface area (Å²) in [6.07, 6.45) is -1.74. The first-order valence-corrected chi connectivity index (χ1v) is 7.31. The number of imidazole rings is 1. The Balaban J connectivity index is 1.86. The largest absolute Gasteiger partial charge is 0.391 e. The van der Waals surface area contributed by atoms with E-state index < -0.39 is 23.1 Å². The van der Waals surface area contributed by atoms with Crippen LogP contribution in [0.5, 0.6) is 0 Å². The number of rotatable bonds is 3. The molecule has 0 amide bonds. The van der Waals surface area contributed by atoms with E-state index in [4.69, 9.17) is 0 Å². The first kappa shape index (κ1) is 15.6. The fraction of sp³-hybridized carbons (Fsp3) is 0.500. The fourth-order valence-electron chi connectivity index (χ4n) is 3.07. The van der Waals surface area contributed by atoms with Crippen molar-refractivity contribution in [2.45, 2.75) is 37.9 Å². The van der Waals surface area contributed by atoms with Crippen molar-refractivity contribution < 1.29 is 18.1 Å². The van der Waals surface area contributed by atoms with Gasteiger partial charge in [0.25, 0.3) is 0 Å². The Kier molecular flexibility index (Phi) is 3.87. The number of aromatic nitrogens is 2. The number of fused-ring (bicyclic) bond motifs is 1. The number of hydrogen-bond donors (Lipinski definition) is 1. The summed E-state index contributed by atoms with van der Waals surface area (Å²) in [7, 11) is 0. The van der Waals surface area contributed by atoms with Gasteiger partial charge in [-0.2, -0.15) is 22.6 Å². The second-order valence-electron chi connectivity index (χ2n) is 5.72. The maximum atomic E-state index is 12.9. The molecule has 1 aliphatic rings. The molecule has 23 heavy (non-hydrogen) atoms. The first-order valence-electron chi connectivity index (χ1n) is 7.31. The smallest absolute Gasteiger partial charge is 0.360 e. The van der Waals surface area contributed by atoms with Gasteiger partial charge in [-0.1, -0.05) is 12.5 Å². The molecular formula is C14H15F3N4O2. The van der Waals surface area contributed by atoms with Crippen LogP contribution in [0.3, 0.4) is 0 Å². The molecule has 0 aliphatic heterocycles. The van der Waals surface area contributed by atoms with Crippen LogP contribution in [0.25, 0.3) is 5.65 Å². The number of halogens is 3. The molecule has 1 saturated carbocycles. The second kappa shape index (κ2) is 5.71. The highest BCUT2D eigenvalue weighted by atomic mass is 19.4. The zero-order chi connectivity index (χ0) is 16.6. The van der Waals surface area contributed by atoms with E-state index in [0.29, 0.717) is 18.5 Å². The molecule has 124 valence electrons. The van der Waals surface area contributed by atoms with E-state index in [0.717, 1.165) is 0 Å². The highest BCUT2D eigenvalue weighted by Gasteiger charge is 2.42. The molecule has 2 atom stereocenters. The second-order valence-corrected chi connectivity index (χ2v) is 5.72. The third-order valence-corrected chi connectivity index (χ3v) is 4.16. The topological polar surface area (TPSA) is 72.5 Å². The number of pyridine rings is 1. The van der Waals surface area contributed by atoms with Crippen molar-refractivity contribution in [1.82, 2.24) is 9.38 Å². The lowest BCUT2D eigenvalue weighted by Gasteiger charge is -2.30. The molecule has 0 bridgehead atoms. The third-order valence-electron chi connectivity index (χ3n) is 4.16. The number of anilines is 1. The van der Waals surface area contributed by atoms with Gasteiger partial charge in [0.2, 0.25) is 11.5 Å². The van der Waals surface area contributed by atoms with Crippen molar-refractivity contribution in [3.63, 3.8) is 0 Å². The molecule has 0 aromatic carbocycles. The average molecular weight is 328 g/mol. The minimum absolute atomic E-state index is 0.0222. The Labute approximate surface area is 129 Å². The SMILES string of the molecule is O=[N+]([O-])c1c(N[C@@H]2CCC[C@H](C(F)(F)F)C2)nc2ccccn12. The maximum absolute atomic E-state index is 12.9. The molecule has 0 unspecified atom stereocenters. The highest BCUT2D eigenvalue weighted by molar-refractivity contribution is 5.62. The number of nitrogens with zero attached hydrogens (tertiary/aromatic N) is 3. The molecule has 1 N–H and O–H groups in total. The lowest BCUT2D eigenvalue weighted by Crippen LogP contribution is -2.34. The van der Waals surface area contributed by atoms with Gasteiger partial charge >= 0.3 is 12.0 Å². The summed E-state index contributed by atoms with van der Waals surface area (Å²) in [5.74, 6) is -1.60. The zero-order valence-corrected chi connectivity index (χ0v) is 12.1.